The number of nitriles is 1. The molecule has 1 unspecified atom stereocenters. The predicted molar refractivity (Wildman–Crippen MR) is 111 cm³/mol. The van der Waals surface area contributed by atoms with E-state index in [0.717, 1.165) is 0 Å². The maximum Gasteiger partial charge on any atom is 0.308 e. The average Bonchev–Trinajstić information content (AvgIpc) is 3.00. The van der Waals surface area contributed by atoms with Gasteiger partial charge in [-0.2, -0.15) is 5.26 Å². The summed E-state index contributed by atoms with van der Waals surface area (Å²) in [5, 5.41) is 30.1. The highest BCUT2D eigenvalue weighted by Crippen LogP contribution is 2.49. The number of likely N-dealkylation sites (N-methyl/N-ethyl adjacent to an activating group) is 1. The van der Waals surface area contributed by atoms with E-state index in [9.17, 15) is 29.9 Å². The van der Waals surface area contributed by atoms with E-state index >= 15 is 0 Å². The molecule has 0 aromatic heterocycles. The molecule has 31 heavy (non-hydrogen) atoms. The number of aliphatic carboxylic acids is 1. The number of hydrogen-bond acceptors (Lipinski definition) is 9. The van der Waals surface area contributed by atoms with Crippen molar-refractivity contribution in [1.29, 1.82) is 5.26 Å². The van der Waals surface area contributed by atoms with Gasteiger partial charge in [0.2, 0.25) is 5.78 Å². The number of Topliss-reactive ketones (excluding diaryl/α,β-unsaturated/α-hetero) is 2. The second-order valence-electron chi connectivity index (χ2n) is 8.24. The van der Waals surface area contributed by atoms with Gasteiger partial charge < -0.3 is 14.9 Å². The number of carboxylic acid groups (broad SMARTS) is 1. The first-order valence-corrected chi connectivity index (χ1v) is 11.3. The number of carboxylic acids is 1. The zero-order valence-corrected chi connectivity index (χ0v) is 18.4. The van der Waals surface area contributed by atoms with Gasteiger partial charge in [0.1, 0.15) is 10.9 Å². The third kappa shape index (κ3) is 2.98. The summed E-state index contributed by atoms with van der Waals surface area (Å²) in [6.45, 7) is 1.41. The van der Waals surface area contributed by atoms with Crippen molar-refractivity contribution in [2.24, 2.45) is 5.92 Å². The van der Waals surface area contributed by atoms with Crippen molar-refractivity contribution >= 4 is 29.3 Å². The van der Waals surface area contributed by atoms with Crippen LogP contribution < -0.4 is 0 Å². The van der Waals surface area contributed by atoms with Gasteiger partial charge >= 0.3 is 5.97 Å². The average molecular weight is 448 g/mol. The monoisotopic (exact) mass is 447 g/mol. The van der Waals surface area contributed by atoms with E-state index in [1.54, 1.807) is 4.90 Å². The van der Waals surface area contributed by atoms with Crippen molar-refractivity contribution in [2.75, 3.05) is 26.5 Å². The van der Waals surface area contributed by atoms with Crippen LogP contribution in [0.1, 0.15) is 19.8 Å². The van der Waals surface area contributed by atoms with Gasteiger partial charge in [0.05, 0.1) is 31.7 Å². The topological polar surface area (TPSA) is 131 Å². The number of allylic oxidation sites excluding steroid dienone is 2. The molecule has 4 rings (SSSR count). The second-order valence-corrected chi connectivity index (χ2v) is 9.51. The molecule has 0 saturated carbocycles. The normalized spacial score (nSPS) is 35.7. The molecule has 2 saturated heterocycles. The van der Waals surface area contributed by atoms with E-state index in [1.165, 1.54) is 18.9 Å². The predicted octanol–water partition coefficient (Wildman–Crippen LogP) is 0.160. The molecule has 3 aliphatic heterocycles. The standard InChI is InChI=1S/C21H25N3O6S/c1-4-31-20-17(26)9-5-12-16-10(21(28)29)6-11(23(16)2)13(7-22)24(12)14(8-25)15(9)18(27)19(20)30-3/h10-14,16,25H,4-6,8H2,1-3H3,(H,28,29)/t10-,11+,12+,13?,14+,16-/m1/s1. The number of aliphatic hydroxyl groups is 1. The number of methoxy groups -OCH3 is 1. The van der Waals surface area contributed by atoms with E-state index in [2.05, 4.69) is 6.07 Å². The van der Waals surface area contributed by atoms with Crippen LogP contribution >= 0.6 is 11.8 Å². The Kier molecular flexibility index (Phi) is 5.72. The maximum atomic E-state index is 13.4. The molecule has 2 N–H and O–H groups in total. The SMILES string of the molecule is CCSC1=C(OC)C(=O)C2=C(C[C@H]3[C@H]4[C@H](C(=O)O)C[C@@H](C(C#N)N3[C@H]2CO)N4C)C1=O. The molecule has 0 spiro atoms. The molecule has 6 atom stereocenters. The van der Waals surface area contributed by atoms with Gasteiger partial charge in [-0.1, -0.05) is 6.92 Å². The lowest BCUT2D eigenvalue weighted by Crippen LogP contribution is -2.69. The number of aliphatic hydroxyl groups excluding tert-OH is 1. The van der Waals surface area contributed by atoms with Crippen LogP contribution in [0.3, 0.4) is 0 Å². The zero-order valence-electron chi connectivity index (χ0n) is 17.6. The summed E-state index contributed by atoms with van der Waals surface area (Å²) in [5.74, 6) is -1.82. The van der Waals surface area contributed by atoms with Crippen LogP contribution in [0.2, 0.25) is 0 Å². The van der Waals surface area contributed by atoms with Gasteiger partial charge in [-0.25, -0.2) is 0 Å². The van der Waals surface area contributed by atoms with Crippen molar-refractivity contribution in [3.05, 3.63) is 21.8 Å². The van der Waals surface area contributed by atoms with Crippen LogP contribution in [0.4, 0.5) is 0 Å². The Balaban J connectivity index is 1.86. The lowest BCUT2D eigenvalue weighted by molar-refractivity contribution is -0.144. The summed E-state index contributed by atoms with van der Waals surface area (Å²) in [7, 11) is 3.15. The Hall–Kier alpha value is -2.19. The molecular weight excluding hydrogens is 422 g/mol. The lowest BCUT2D eigenvalue weighted by atomic mass is 9.76. The van der Waals surface area contributed by atoms with E-state index in [4.69, 9.17) is 4.74 Å². The third-order valence-corrected chi connectivity index (χ3v) is 8.00. The van der Waals surface area contributed by atoms with Crippen LogP contribution in [0, 0.1) is 17.2 Å². The van der Waals surface area contributed by atoms with Crippen LogP contribution in [-0.2, 0) is 19.1 Å². The van der Waals surface area contributed by atoms with Crippen LogP contribution in [0.25, 0.3) is 0 Å². The largest absolute Gasteiger partial charge is 0.491 e. The summed E-state index contributed by atoms with van der Waals surface area (Å²) in [6, 6.07) is -0.517. The quantitative estimate of drug-likeness (QED) is 0.562. The molecule has 2 bridgehead atoms. The first kappa shape index (κ1) is 22.0. The van der Waals surface area contributed by atoms with Gasteiger partial charge in [-0.05, 0) is 25.6 Å². The molecule has 0 radical (unpaired) electrons. The van der Waals surface area contributed by atoms with Crippen LogP contribution in [-0.4, -0.2) is 94.3 Å². The van der Waals surface area contributed by atoms with E-state index in [-0.39, 0.29) is 34.5 Å². The number of ketones is 2. The minimum atomic E-state index is -0.937. The smallest absolute Gasteiger partial charge is 0.308 e. The van der Waals surface area contributed by atoms with Crippen molar-refractivity contribution in [3.8, 4) is 6.07 Å². The molecule has 0 amide bonds. The Bertz CT molecular complexity index is 953. The molecule has 0 aromatic carbocycles. The van der Waals surface area contributed by atoms with Gasteiger partial charge in [0.25, 0.3) is 0 Å². The van der Waals surface area contributed by atoms with E-state index in [0.29, 0.717) is 17.7 Å². The summed E-state index contributed by atoms with van der Waals surface area (Å²) in [5.41, 5.74) is 0.485. The van der Waals surface area contributed by atoms with Crippen molar-refractivity contribution in [3.63, 3.8) is 0 Å². The lowest BCUT2D eigenvalue weighted by Gasteiger charge is -2.54. The first-order valence-electron chi connectivity index (χ1n) is 10.3. The summed E-state index contributed by atoms with van der Waals surface area (Å²) in [6.07, 6.45) is 0.468. The third-order valence-electron chi connectivity index (χ3n) is 7.05. The number of thioether (sulfide) groups is 1. The van der Waals surface area contributed by atoms with Gasteiger partial charge in [-0.15, -0.1) is 11.8 Å². The number of fused-ring (bicyclic) bond motifs is 4. The number of carbonyl (C=O) groups is 3. The molecule has 4 aliphatic rings. The summed E-state index contributed by atoms with van der Waals surface area (Å²) >= 11 is 1.23. The second kappa shape index (κ2) is 8.06. The maximum absolute atomic E-state index is 13.4. The number of rotatable bonds is 5. The molecule has 0 aromatic rings. The number of hydrogen-bond donors (Lipinski definition) is 2. The highest BCUT2D eigenvalue weighted by Gasteiger charge is 2.61. The highest BCUT2D eigenvalue weighted by molar-refractivity contribution is 8.04. The van der Waals surface area contributed by atoms with E-state index < -0.39 is 48.4 Å². The summed E-state index contributed by atoms with van der Waals surface area (Å²) in [4.78, 5) is 42.7. The van der Waals surface area contributed by atoms with Gasteiger partial charge in [0.15, 0.2) is 11.5 Å². The minimum Gasteiger partial charge on any atom is -0.491 e. The Labute approximate surface area is 184 Å². The molecule has 2 fully saturated rings. The van der Waals surface area contributed by atoms with Crippen molar-refractivity contribution in [1.82, 2.24) is 9.80 Å². The molecule has 3 heterocycles. The molecule has 10 heteroatoms. The fourth-order valence-corrected chi connectivity index (χ4v) is 6.73. The Morgan fingerprint density at radius 2 is 2.03 bits per heavy atom. The van der Waals surface area contributed by atoms with Crippen molar-refractivity contribution < 1.29 is 29.3 Å². The Morgan fingerprint density at radius 1 is 1.32 bits per heavy atom. The molecule has 166 valence electrons. The molecular formula is C21H25N3O6S. The number of carbonyl (C=O) groups excluding carboxylic acids is 2. The number of piperazine rings is 1. The fourth-order valence-electron chi connectivity index (χ4n) is 5.88. The van der Waals surface area contributed by atoms with Crippen LogP contribution in [0.15, 0.2) is 21.8 Å². The fraction of sp³-hybridized carbons (Fsp3) is 0.619. The molecule has 9 nitrogen and oxygen atoms in total. The van der Waals surface area contributed by atoms with Crippen molar-refractivity contribution in [2.45, 2.75) is 50.0 Å². The first-order chi connectivity index (χ1) is 14.8. The minimum absolute atomic E-state index is 0.0264. The van der Waals surface area contributed by atoms with Gasteiger partial charge in [-0.3, -0.25) is 24.2 Å². The molecule has 1 aliphatic carbocycles. The van der Waals surface area contributed by atoms with Gasteiger partial charge in [0, 0.05) is 29.3 Å². The summed E-state index contributed by atoms with van der Waals surface area (Å²) < 4.78 is 5.29. The van der Waals surface area contributed by atoms with Crippen LogP contribution in [0.5, 0.6) is 0 Å². The number of ether oxygens (including phenoxy) is 1. The Morgan fingerprint density at radius 3 is 2.58 bits per heavy atom. The number of nitrogens with zero attached hydrogens (tertiary/aromatic N) is 3. The van der Waals surface area contributed by atoms with E-state index in [1.807, 2.05) is 18.9 Å². The zero-order chi connectivity index (χ0) is 22.6. The highest BCUT2D eigenvalue weighted by atomic mass is 32.2.